The van der Waals surface area contributed by atoms with Gasteiger partial charge in [-0.2, -0.15) is 4.98 Å². The quantitative estimate of drug-likeness (QED) is 0.397. The van der Waals surface area contributed by atoms with Crippen LogP contribution in [0, 0.1) is 18.2 Å². The van der Waals surface area contributed by atoms with Gasteiger partial charge in [-0.15, -0.1) is 6.42 Å². The average molecular weight is 560 g/mol. The van der Waals surface area contributed by atoms with Gasteiger partial charge >= 0.3 is 6.01 Å². The Bertz CT molecular complexity index is 1520. The zero-order valence-corrected chi connectivity index (χ0v) is 23.3. The van der Waals surface area contributed by atoms with Gasteiger partial charge in [0.2, 0.25) is 0 Å². The monoisotopic (exact) mass is 559 g/mol. The lowest BCUT2D eigenvalue weighted by atomic mass is 9.95. The second-order valence-electron chi connectivity index (χ2n) is 11.9. The SMILES string of the molecule is C#Cc1cccc(C2CCCN2)c1Nc1nc(N2CC[C@@H]2C)c2cnc(OC[C@@]34CCCN3C[C@H](F)C4)nc2c1F. The topological polar surface area (TPSA) is 78.4 Å². The van der Waals surface area contributed by atoms with Crippen LogP contribution in [0.2, 0.25) is 0 Å². The molecule has 0 aliphatic carbocycles. The zero-order valence-electron chi connectivity index (χ0n) is 23.3. The lowest BCUT2D eigenvalue weighted by Crippen LogP contribution is -2.46. The van der Waals surface area contributed by atoms with Crippen LogP contribution in [-0.2, 0) is 0 Å². The van der Waals surface area contributed by atoms with Crippen molar-refractivity contribution in [2.75, 3.05) is 43.0 Å². The minimum Gasteiger partial charge on any atom is -0.461 e. The fourth-order valence-corrected chi connectivity index (χ4v) is 7.06. The molecule has 4 saturated heterocycles. The molecule has 4 aliphatic heterocycles. The van der Waals surface area contributed by atoms with Gasteiger partial charge in [0, 0.05) is 43.4 Å². The van der Waals surface area contributed by atoms with E-state index in [1.807, 2.05) is 18.2 Å². The molecule has 0 bridgehead atoms. The summed E-state index contributed by atoms with van der Waals surface area (Å²) in [5.74, 6) is 2.85. The molecule has 4 aliphatic rings. The number of halogens is 2. The Kier molecular flexibility index (Phi) is 6.67. The van der Waals surface area contributed by atoms with Gasteiger partial charge < -0.3 is 20.3 Å². The second kappa shape index (κ2) is 10.4. The number of fused-ring (bicyclic) bond motifs is 2. The molecule has 214 valence electrons. The molecular formula is C31H35F2N7O. The van der Waals surface area contributed by atoms with Crippen LogP contribution in [-0.4, -0.2) is 70.4 Å². The fraction of sp³-hybridized carbons (Fsp3) is 0.516. The maximum Gasteiger partial charge on any atom is 0.317 e. The third-order valence-corrected chi connectivity index (χ3v) is 9.40. The third-order valence-electron chi connectivity index (χ3n) is 9.40. The van der Waals surface area contributed by atoms with Crippen LogP contribution in [0.15, 0.2) is 24.4 Å². The number of nitrogens with one attached hydrogen (secondary N) is 2. The molecule has 1 unspecified atom stereocenters. The number of ether oxygens (including phenoxy) is 1. The predicted octanol–water partition coefficient (Wildman–Crippen LogP) is 4.87. The van der Waals surface area contributed by atoms with E-state index in [0.717, 1.165) is 57.3 Å². The number of pyridine rings is 1. The van der Waals surface area contributed by atoms with Crippen molar-refractivity contribution in [3.8, 4) is 18.4 Å². The van der Waals surface area contributed by atoms with Crippen molar-refractivity contribution in [1.29, 1.82) is 0 Å². The van der Waals surface area contributed by atoms with Gasteiger partial charge in [-0.25, -0.2) is 18.7 Å². The maximum absolute atomic E-state index is 16.3. The van der Waals surface area contributed by atoms with Crippen molar-refractivity contribution in [1.82, 2.24) is 25.2 Å². The number of alkyl halides is 1. The molecule has 41 heavy (non-hydrogen) atoms. The van der Waals surface area contributed by atoms with Gasteiger partial charge in [-0.3, -0.25) is 4.90 Å². The molecule has 4 atom stereocenters. The maximum atomic E-state index is 16.3. The van der Waals surface area contributed by atoms with Gasteiger partial charge in [0.1, 0.15) is 24.1 Å². The Hall–Kier alpha value is -3.55. The summed E-state index contributed by atoms with van der Waals surface area (Å²) < 4.78 is 36.7. The number of rotatable bonds is 7. The number of anilines is 3. The average Bonchev–Trinajstić information content (AvgIpc) is 3.70. The number of terminal acetylenes is 1. The highest BCUT2D eigenvalue weighted by Gasteiger charge is 2.49. The molecule has 0 radical (unpaired) electrons. The third kappa shape index (κ3) is 4.56. The van der Waals surface area contributed by atoms with Crippen LogP contribution in [0.3, 0.4) is 0 Å². The standard InChI is InChI=1S/C31H35F2N7O/c1-3-20-7-4-8-22(24-9-5-12-34-24)26(20)36-28-25(33)27-23(29(38-28)40-14-10-19(40)2)16-35-30(37-27)41-18-31-11-6-13-39(31)17-21(32)15-31/h1,4,7-8,16,19,21,24,34H,5-6,9-15,17-18H2,2H3,(H,36,38)/t19-,21+,24?,31-/m0/s1. The lowest BCUT2D eigenvalue weighted by Gasteiger charge is -2.40. The molecule has 2 N–H and O–H groups in total. The highest BCUT2D eigenvalue weighted by Crippen LogP contribution is 2.41. The lowest BCUT2D eigenvalue weighted by molar-refractivity contribution is 0.107. The molecule has 0 amide bonds. The number of nitrogens with zero attached hydrogens (tertiary/aromatic N) is 5. The summed E-state index contributed by atoms with van der Waals surface area (Å²) in [6.07, 6.45) is 12.0. The van der Waals surface area contributed by atoms with Gasteiger partial charge in [-0.1, -0.05) is 18.1 Å². The van der Waals surface area contributed by atoms with Crippen LogP contribution in [0.5, 0.6) is 6.01 Å². The first-order chi connectivity index (χ1) is 20.0. The van der Waals surface area contributed by atoms with E-state index in [1.165, 1.54) is 0 Å². The van der Waals surface area contributed by atoms with E-state index in [4.69, 9.17) is 16.1 Å². The molecular weight excluding hydrogens is 524 g/mol. The van der Waals surface area contributed by atoms with Crippen LogP contribution in [0.25, 0.3) is 10.9 Å². The van der Waals surface area contributed by atoms with E-state index in [1.54, 1.807) is 6.20 Å². The molecule has 6 heterocycles. The van der Waals surface area contributed by atoms with Crippen LogP contribution in [0.4, 0.5) is 26.1 Å². The molecule has 0 spiro atoms. The van der Waals surface area contributed by atoms with Gasteiger partial charge in [0.05, 0.1) is 16.6 Å². The summed E-state index contributed by atoms with van der Waals surface area (Å²) in [5.41, 5.74) is 2.11. The summed E-state index contributed by atoms with van der Waals surface area (Å²) in [5, 5.41) is 7.32. The summed E-state index contributed by atoms with van der Waals surface area (Å²) in [7, 11) is 0. The van der Waals surface area contributed by atoms with E-state index >= 15 is 4.39 Å². The Balaban J connectivity index is 1.27. The number of hydrogen-bond donors (Lipinski definition) is 2. The number of aromatic nitrogens is 3. The van der Waals surface area contributed by atoms with Crippen molar-refractivity contribution in [2.24, 2.45) is 0 Å². The van der Waals surface area contributed by atoms with E-state index in [2.05, 4.69) is 43.2 Å². The van der Waals surface area contributed by atoms with Crippen molar-refractivity contribution < 1.29 is 13.5 Å². The van der Waals surface area contributed by atoms with Crippen LogP contribution >= 0.6 is 0 Å². The Labute approximate surface area is 238 Å². The minimum absolute atomic E-state index is 0.0647. The molecule has 4 fully saturated rings. The van der Waals surface area contributed by atoms with Gasteiger partial charge in [0.15, 0.2) is 11.6 Å². The molecule has 1 aromatic carbocycles. The van der Waals surface area contributed by atoms with E-state index < -0.39 is 12.0 Å². The minimum atomic E-state index is -0.857. The number of benzene rings is 1. The summed E-state index contributed by atoms with van der Waals surface area (Å²) in [4.78, 5) is 18.1. The summed E-state index contributed by atoms with van der Waals surface area (Å²) >= 11 is 0. The molecule has 8 nitrogen and oxygen atoms in total. The van der Waals surface area contributed by atoms with E-state index in [-0.39, 0.29) is 41.6 Å². The van der Waals surface area contributed by atoms with Gasteiger partial charge in [0.25, 0.3) is 0 Å². The van der Waals surface area contributed by atoms with Crippen molar-refractivity contribution >= 4 is 28.2 Å². The Morgan fingerprint density at radius 3 is 2.90 bits per heavy atom. The fourth-order valence-electron chi connectivity index (χ4n) is 7.06. The Morgan fingerprint density at radius 2 is 2.15 bits per heavy atom. The molecule has 10 heteroatoms. The first-order valence-corrected chi connectivity index (χ1v) is 14.7. The van der Waals surface area contributed by atoms with Crippen LogP contribution < -0.4 is 20.3 Å². The Morgan fingerprint density at radius 1 is 1.24 bits per heavy atom. The number of para-hydroxylation sites is 1. The smallest absolute Gasteiger partial charge is 0.317 e. The first kappa shape index (κ1) is 26.4. The second-order valence-corrected chi connectivity index (χ2v) is 11.9. The molecule has 0 saturated carbocycles. The van der Waals surface area contributed by atoms with E-state index in [0.29, 0.717) is 35.4 Å². The van der Waals surface area contributed by atoms with Crippen LogP contribution in [0.1, 0.15) is 62.6 Å². The summed E-state index contributed by atoms with van der Waals surface area (Å²) in [6, 6.07) is 6.28. The predicted molar refractivity (Wildman–Crippen MR) is 155 cm³/mol. The van der Waals surface area contributed by atoms with Crippen molar-refractivity contribution in [3.05, 3.63) is 41.3 Å². The normalized spacial score (nSPS) is 27.6. The number of hydrogen-bond acceptors (Lipinski definition) is 8. The van der Waals surface area contributed by atoms with Crippen molar-refractivity contribution in [2.45, 2.75) is 69.2 Å². The first-order valence-electron chi connectivity index (χ1n) is 14.7. The van der Waals surface area contributed by atoms with Crippen molar-refractivity contribution in [3.63, 3.8) is 0 Å². The molecule has 2 aromatic heterocycles. The largest absolute Gasteiger partial charge is 0.461 e. The highest BCUT2D eigenvalue weighted by atomic mass is 19.1. The van der Waals surface area contributed by atoms with E-state index in [9.17, 15) is 4.39 Å². The molecule has 3 aromatic rings. The molecule has 7 rings (SSSR count). The highest BCUT2D eigenvalue weighted by molar-refractivity contribution is 5.93. The zero-order chi connectivity index (χ0) is 28.1. The van der Waals surface area contributed by atoms with Gasteiger partial charge in [-0.05, 0) is 63.7 Å². The summed E-state index contributed by atoms with van der Waals surface area (Å²) in [6.45, 7) is 5.44.